The topological polar surface area (TPSA) is 13.1 Å². The van der Waals surface area contributed by atoms with Gasteiger partial charge in [0, 0.05) is 15.8 Å². The first-order chi connectivity index (χ1) is 8.79. The first-order valence-corrected chi connectivity index (χ1v) is 7.63. The maximum atomic E-state index is 5.72. The summed E-state index contributed by atoms with van der Waals surface area (Å²) in [6, 6.07) is 16.6. The molecule has 0 aliphatic carbocycles. The molecule has 0 N–H and O–H groups in total. The van der Waals surface area contributed by atoms with Crippen LogP contribution in [0.5, 0.6) is 0 Å². The Kier molecular flexibility index (Phi) is 3.18. The van der Waals surface area contributed by atoms with Crippen LogP contribution >= 0.6 is 27.7 Å². The second kappa shape index (κ2) is 4.82. The Morgan fingerprint density at radius 3 is 2.44 bits per heavy atom. The van der Waals surface area contributed by atoms with Crippen molar-refractivity contribution in [1.29, 1.82) is 0 Å². The molecule has 2 aromatic carbocycles. The molecule has 0 aliphatic rings. The molecule has 0 unspecified atom stereocenters. The van der Waals surface area contributed by atoms with Crippen molar-refractivity contribution in [2.45, 2.75) is 4.90 Å². The molecule has 0 bridgehead atoms. The molecule has 0 amide bonds. The summed E-state index contributed by atoms with van der Waals surface area (Å²) in [7, 11) is 0. The van der Waals surface area contributed by atoms with Crippen LogP contribution in [0.1, 0.15) is 0 Å². The lowest BCUT2D eigenvalue weighted by molar-refractivity contribution is 0.589. The number of hydrogen-bond acceptors (Lipinski definition) is 2. The van der Waals surface area contributed by atoms with Crippen LogP contribution in [0.25, 0.3) is 22.1 Å². The van der Waals surface area contributed by atoms with E-state index in [1.165, 1.54) is 10.5 Å². The SMILES string of the molecule is CSc1ccc(-c2c(Br)oc3ccccc23)cc1. The van der Waals surface area contributed by atoms with Crippen molar-refractivity contribution in [3.8, 4) is 11.1 Å². The van der Waals surface area contributed by atoms with Crippen LogP contribution in [0.15, 0.2) is 62.5 Å². The molecule has 3 rings (SSSR count). The van der Waals surface area contributed by atoms with Crippen LogP contribution in [-0.4, -0.2) is 6.26 Å². The molecule has 0 atom stereocenters. The molecule has 0 spiro atoms. The molecule has 1 heterocycles. The molecular formula is C15H11BrOS. The summed E-state index contributed by atoms with van der Waals surface area (Å²) in [4.78, 5) is 1.27. The summed E-state index contributed by atoms with van der Waals surface area (Å²) in [5, 5.41) is 1.14. The molecule has 0 fully saturated rings. The largest absolute Gasteiger partial charge is 0.449 e. The van der Waals surface area contributed by atoms with Gasteiger partial charge in [0.05, 0.1) is 0 Å². The lowest BCUT2D eigenvalue weighted by atomic mass is 10.1. The normalized spacial score (nSPS) is 11.0. The Balaban J connectivity index is 2.20. The monoisotopic (exact) mass is 318 g/mol. The molecule has 0 saturated carbocycles. The summed E-state index contributed by atoms with van der Waals surface area (Å²) in [6.07, 6.45) is 2.08. The lowest BCUT2D eigenvalue weighted by Crippen LogP contribution is -1.77. The van der Waals surface area contributed by atoms with E-state index in [2.05, 4.69) is 52.5 Å². The predicted molar refractivity (Wildman–Crippen MR) is 81.1 cm³/mol. The number of para-hydroxylation sites is 1. The number of benzene rings is 2. The van der Waals surface area contributed by atoms with Crippen molar-refractivity contribution in [2.24, 2.45) is 0 Å². The zero-order chi connectivity index (χ0) is 12.5. The van der Waals surface area contributed by atoms with Gasteiger partial charge in [-0.1, -0.05) is 30.3 Å². The molecule has 0 aliphatic heterocycles. The Labute approximate surface area is 118 Å². The highest BCUT2D eigenvalue weighted by Gasteiger charge is 2.13. The minimum Gasteiger partial charge on any atom is -0.449 e. The summed E-state index contributed by atoms with van der Waals surface area (Å²) in [6.45, 7) is 0. The van der Waals surface area contributed by atoms with E-state index in [1.54, 1.807) is 11.8 Å². The van der Waals surface area contributed by atoms with E-state index in [9.17, 15) is 0 Å². The fourth-order valence-electron chi connectivity index (χ4n) is 2.04. The van der Waals surface area contributed by atoms with Gasteiger partial charge < -0.3 is 4.42 Å². The molecule has 1 aromatic heterocycles. The van der Waals surface area contributed by atoms with Crippen molar-refractivity contribution >= 4 is 38.7 Å². The zero-order valence-electron chi connectivity index (χ0n) is 9.81. The Hall–Kier alpha value is -1.19. The molecule has 1 nitrogen and oxygen atoms in total. The van der Waals surface area contributed by atoms with Crippen molar-refractivity contribution < 1.29 is 4.42 Å². The average Bonchev–Trinajstić information content (AvgIpc) is 2.75. The Bertz CT molecular complexity index is 685. The molecule has 18 heavy (non-hydrogen) atoms. The average molecular weight is 319 g/mol. The molecular weight excluding hydrogens is 308 g/mol. The van der Waals surface area contributed by atoms with E-state index in [0.717, 1.165) is 21.2 Å². The van der Waals surface area contributed by atoms with Gasteiger partial charge >= 0.3 is 0 Å². The third-order valence-corrected chi connectivity index (χ3v) is 4.23. The summed E-state index contributed by atoms with van der Waals surface area (Å²) >= 11 is 5.26. The first kappa shape index (κ1) is 11.9. The number of rotatable bonds is 2. The highest BCUT2D eigenvalue weighted by molar-refractivity contribution is 9.10. The number of fused-ring (bicyclic) bond motifs is 1. The van der Waals surface area contributed by atoms with Crippen LogP contribution in [0.4, 0.5) is 0 Å². The maximum absolute atomic E-state index is 5.72. The molecule has 0 saturated heterocycles. The Morgan fingerprint density at radius 1 is 1.00 bits per heavy atom. The summed E-state index contributed by atoms with van der Waals surface area (Å²) in [5.74, 6) is 0. The van der Waals surface area contributed by atoms with Gasteiger partial charge in [-0.3, -0.25) is 0 Å². The highest BCUT2D eigenvalue weighted by atomic mass is 79.9. The number of halogens is 1. The zero-order valence-corrected chi connectivity index (χ0v) is 12.2. The number of hydrogen-bond donors (Lipinski definition) is 0. The van der Waals surface area contributed by atoms with Gasteiger partial charge in [-0.15, -0.1) is 11.8 Å². The van der Waals surface area contributed by atoms with Gasteiger partial charge in [-0.25, -0.2) is 0 Å². The van der Waals surface area contributed by atoms with Crippen LogP contribution < -0.4 is 0 Å². The van der Waals surface area contributed by atoms with Gasteiger partial charge in [0.15, 0.2) is 4.67 Å². The smallest absolute Gasteiger partial charge is 0.178 e. The van der Waals surface area contributed by atoms with Gasteiger partial charge in [0.2, 0.25) is 0 Å². The molecule has 90 valence electrons. The predicted octanol–water partition coefficient (Wildman–Crippen LogP) is 5.58. The highest BCUT2D eigenvalue weighted by Crippen LogP contribution is 2.38. The van der Waals surface area contributed by atoms with Crippen molar-refractivity contribution in [3.63, 3.8) is 0 Å². The summed E-state index contributed by atoms with van der Waals surface area (Å²) < 4.78 is 6.51. The van der Waals surface area contributed by atoms with E-state index in [1.807, 2.05) is 18.2 Å². The van der Waals surface area contributed by atoms with E-state index < -0.39 is 0 Å². The van der Waals surface area contributed by atoms with Gasteiger partial charge in [-0.2, -0.15) is 0 Å². The van der Waals surface area contributed by atoms with Crippen LogP contribution in [0, 0.1) is 0 Å². The second-order valence-electron chi connectivity index (χ2n) is 3.98. The summed E-state index contributed by atoms with van der Waals surface area (Å²) in [5.41, 5.74) is 3.20. The van der Waals surface area contributed by atoms with E-state index in [0.29, 0.717) is 0 Å². The minimum absolute atomic E-state index is 0.792. The lowest BCUT2D eigenvalue weighted by Gasteiger charge is -2.01. The first-order valence-electron chi connectivity index (χ1n) is 5.61. The molecule has 0 radical (unpaired) electrons. The molecule has 3 aromatic rings. The third-order valence-electron chi connectivity index (χ3n) is 2.93. The van der Waals surface area contributed by atoms with Crippen molar-refractivity contribution in [1.82, 2.24) is 0 Å². The van der Waals surface area contributed by atoms with Crippen molar-refractivity contribution in [3.05, 3.63) is 53.2 Å². The fraction of sp³-hybridized carbons (Fsp3) is 0.0667. The fourth-order valence-corrected chi connectivity index (χ4v) is 3.07. The number of furan rings is 1. The van der Waals surface area contributed by atoms with Crippen LogP contribution in [-0.2, 0) is 0 Å². The third kappa shape index (κ3) is 1.98. The molecule has 3 heteroatoms. The van der Waals surface area contributed by atoms with Crippen LogP contribution in [0.2, 0.25) is 0 Å². The van der Waals surface area contributed by atoms with Gasteiger partial charge in [0.25, 0.3) is 0 Å². The second-order valence-corrected chi connectivity index (χ2v) is 5.58. The minimum atomic E-state index is 0.792. The standard InChI is InChI=1S/C15H11BrOS/c1-18-11-8-6-10(7-9-11)14-12-4-2-3-5-13(12)17-15(14)16/h2-9H,1H3. The van der Waals surface area contributed by atoms with Crippen LogP contribution in [0.3, 0.4) is 0 Å². The van der Waals surface area contributed by atoms with Gasteiger partial charge in [0.1, 0.15) is 5.58 Å². The van der Waals surface area contributed by atoms with E-state index in [4.69, 9.17) is 4.42 Å². The maximum Gasteiger partial charge on any atom is 0.178 e. The van der Waals surface area contributed by atoms with Gasteiger partial charge in [-0.05, 0) is 45.9 Å². The number of thioether (sulfide) groups is 1. The quantitative estimate of drug-likeness (QED) is 0.572. The van der Waals surface area contributed by atoms with E-state index >= 15 is 0 Å². The Morgan fingerprint density at radius 2 is 1.72 bits per heavy atom. The van der Waals surface area contributed by atoms with E-state index in [-0.39, 0.29) is 0 Å². The van der Waals surface area contributed by atoms with Crippen molar-refractivity contribution in [2.75, 3.05) is 6.26 Å².